The molecule has 0 amide bonds. The minimum atomic E-state index is -0.873. The number of alkyl halides is 1. The SMILES string of the molecule is NC(CF)c1cc(Br)ccc1F. The summed E-state index contributed by atoms with van der Waals surface area (Å²) in [6.07, 6.45) is 0. The molecule has 1 rings (SSSR count). The number of benzene rings is 1. The van der Waals surface area contributed by atoms with Gasteiger partial charge in [0.05, 0.1) is 6.04 Å². The Labute approximate surface area is 77.7 Å². The molecule has 1 nitrogen and oxygen atoms in total. The van der Waals surface area contributed by atoms with Crippen LogP contribution in [0.2, 0.25) is 0 Å². The van der Waals surface area contributed by atoms with Gasteiger partial charge < -0.3 is 5.73 Å². The minimum Gasteiger partial charge on any atom is -0.322 e. The van der Waals surface area contributed by atoms with Gasteiger partial charge in [-0.05, 0) is 18.2 Å². The molecular formula is C8H8BrF2N. The van der Waals surface area contributed by atoms with E-state index >= 15 is 0 Å². The van der Waals surface area contributed by atoms with Gasteiger partial charge in [-0.2, -0.15) is 0 Å². The highest BCUT2D eigenvalue weighted by molar-refractivity contribution is 9.10. The highest BCUT2D eigenvalue weighted by Gasteiger charge is 2.10. The molecule has 0 radical (unpaired) electrons. The number of rotatable bonds is 2. The number of halogens is 3. The molecule has 2 N–H and O–H groups in total. The van der Waals surface area contributed by atoms with Gasteiger partial charge in [0.2, 0.25) is 0 Å². The average molecular weight is 236 g/mol. The zero-order chi connectivity index (χ0) is 9.14. The number of hydrogen-bond donors (Lipinski definition) is 1. The van der Waals surface area contributed by atoms with Crippen molar-refractivity contribution in [3.63, 3.8) is 0 Å². The molecule has 0 saturated carbocycles. The lowest BCUT2D eigenvalue weighted by Gasteiger charge is -2.08. The van der Waals surface area contributed by atoms with Gasteiger partial charge in [-0.3, -0.25) is 0 Å². The van der Waals surface area contributed by atoms with Crippen LogP contribution >= 0.6 is 15.9 Å². The summed E-state index contributed by atoms with van der Waals surface area (Å²) < 4.78 is 25.7. The molecule has 0 saturated heterocycles. The molecule has 0 spiro atoms. The first kappa shape index (κ1) is 9.61. The lowest BCUT2D eigenvalue weighted by molar-refractivity contribution is 0.426. The van der Waals surface area contributed by atoms with Gasteiger partial charge in [0.25, 0.3) is 0 Å². The Hall–Kier alpha value is -0.480. The Bertz CT molecular complexity index is 278. The second kappa shape index (κ2) is 3.96. The van der Waals surface area contributed by atoms with Gasteiger partial charge in [0.15, 0.2) is 0 Å². The molecular weight excluding hydrogens is 228 g/mol. The maximum atomic E-state index is 12.9. The fourth-order valence-corrected chi connectivity index (χ4v) is 1.26. The van der Waals surface area contributed by atoms with Crippen molar-refractivity contribution >= 4 is 15.9 Å². The summed E-state index contributed by atoms with van der Waals surface area (Å²) in [4.78, 5) is 0. The average Bonchev–Trinajstić information content (AvgIpc) is 2.08. The first-order chi connectivity index (χ1) is 5.65. The Morgan fingerprint density at radius 3 is 2.75 bits per heavy atom. The molecule has 0 aliphatic carbocycles. The Morgan fingerprint density at radius 1 is 1.50 bits per heavy atom. The summed E-state index contributed by atoms with van der Waals surface area (Å²) in [6, 6.07) is 3.42. The van der Waals surface area contributed by atoms with Crippen LogP contribution in [0, 0.1) is 5.82 Å². The molecule has 4 heteroatoms. The molecule has 0 fully saturated rings. The predicted octanol–water partition coefficient (Wildman–Crippen LogP) is 2.56. The zero-order valence-electron chi connectivity index (χ0n) is 6.23. The summed E-state index contributed by atoms with van der Waals surface area (Å²) >= 11 is 3.15. The van der Waals surface area contributed by atoms with Crippen molar-refractivity contribution in [2.75, 3.05) is 6.67 Å². The quantitative estimate of drug-likeness (QED) is 0.838. The predicted molar refractivity (Wildman–Crippen MR) is 47.0 cm³/mol. The van der Waals surface area contributed by atoms with E-state index in [2.05, 4.69) is 15.9 Å². The van der Waals surface area contributed by atoms with Crippen LogP contribution < -0.4 is 5.73 Å². The first-order valence-electron chi connectivity index (χ1n) is 3.41. The Morgan fingerprint density at radius 2 is 2.17 bits per heavy atom. The normalized spacial score (nSPS) is 13.0. The van der Waals surface area contributed by atoms with E-state index < -0.39 is 18.5 Å². The van der Waals surface area contributed by atoms with E-state index in [1.54, 1.807) is 6.07 Å². The first-order valence-corrected chi connectivity index (χ1v) is 4.21. The molecule has 1 aromatic carbocycles. The van der Waals surface area contributed by atoms with Gasteiger partial charge in [0.1, 0.15) is 12.5 Å². The molecule has 0 heterocycles. The van der Waals surface area contributed by atoms with Gasteiger partial charge in [0, 0.05) is 10.0 Å². The van der Waals surface area contributed by atoms with Crippen molar-refractivity contribution in [2.24, 2.45) is 5.73 Å². The van der Waals surface area contributed by atoms with E-state index in [9.17, 15) is 8.78 Å². The van der Waals surface area contributed by atoms with Crippen molar-refractivity contribution in [2.45, 2.75) is 6.04 Å². The third kappa shape index (κ3) is 2.01. The highest BCUT2D eigenvalue weighted by atomic mass is 79.9. The lowest BCUT2D eigenvalue weighted by atomic mass is 10.1. The molecule has 1 unspecified atom stereocenters. The fraction of sp³-hybridized carbons (Fsp3) is 0.250. The van der Waals surface area contributed by atoms with Crippen LogP contribution in [0.1, 0.15) is 11.6 Å². The number of hydrogen-bond acceptors (Lipinski definition) is 1. The topological polar surface area (TPSA) is 26.0 Å². The third-order valence-electron chi connectivity index (χ3n) is 1.52. The standard InChI is InChI=1S/C8H8BrF2N/c9-5-1-2-7(11)6(3-5)8(12)4-10/h1-3,8H,4,12H2. The molecule has 0 aliphatic rings. The van der Waals surface area contributed by atoms with Crippen LogP contribution in [-0.4, -0.2) is 6.67 Å². The summed E-state index contributed by atoms with van der Waals surface area (Å²) in [5.74, 6) is -0.469. The zero-order valence-corrected chi connectivity index (χ0v) is 7.81. The van der Waals surface area contributed by atoms with Crippen LogP contribution in [0.4, 0.5) is 8.78 Å². The summed E-state index contributed by atoms with van der Waals surface area (Å²) in [5, 5.41) is 0. The summed E-state index contributed by atoms with van der Waals surface area (Å²) in [5.41, 5.74) is 5.53. The van der Waals surface area contributed by atoms with E-state index in [0.717, 1.165) is 0 Å². The van der Waals surface area contributed by atoms with E-state index in [1.807, 2.05) is 0 Å². The fourth-order valence-electron chi connectivity index (χ4n) is 0.882. The van der Waals surface area contributed by atoms with Crippen molar-refractivity contribution in [1.82, 2.24) is 0 Å². The van der Waals surface area contributed by atoms with Crippen LogP contribution in [0.3, 0.4) is 0 Å². The highest BCUT2D eigenvalue weighted by Crippen LogP contribution is 2.20. The monoisotopic (exact) mass is 235 g/mol. The molecule has 0 bridgehead atoms. The van der Waals surface area contributed by atoms with Crippen LogP contribution in [0.15, 0.2) is 22.7 Å². The largest absolute Gasteiger partial charge is 0.322 e. The van der Waals surface area contributed by atoms with Gasteiger partial charge in [-0.25, -0.2) is 8.78 Å². The van der Waals surface area contributed by atoms with Crippen LogP contribution in [-0.2, 0) is 0 Å². The maximum absolute atomic E-state index is 12.9. The number of nitrogens with two attached hydrogens (primary N) is 1. The van der Waals surface area contributed by atoms with Gasteiger partial charge in [-0.1, -0.05) is 15.9 Å². The summed E-state index contributed by atoms with van der Waals surface area (Å²) in [6.45, 7) is -0.757. The van der Waals surface area contributed by atoms with Crippen molar-refractivity contribution in [3.05, 3.63) is 34.1 Å². The Balaban J connectivity index is 3.04. The van der Waals surface area contributed by atoms with Gasteiger partial charge >= 0.3 is 0 Å². The summed E-state index contributed by atoms with van der Waals surface area (Å²) in [7, 11) is 0. The van der Waals surface area contributed by atoms with Gasteiger partial charge in [-0.15, -0.1) is 0 Å². The van der Waals surface area contributed by atoms with E-state index in [-0.39, 0.29) is 5.56 Å². The minimum absolute atomic E-state index is 0.201. The third-order valence-corrected chi connectivity index (χ3v) is 2.02. The molecule has 0 aliphatic heterocycles. The second-order valence-corrected chi connectivity index (χ2v) is 3.34. The van der Waals surface area contributed by atoms with Crippen LogP contribution in [0.5, 0.6) is 0 Å². The molecule has 66 valence electrons. The van der Waals surface area contributed by atoms with E-state index in [4.69, 9.17) is 5.73 Å². The van der Waals surface area contributed by atoms with Crippen molar-refractivity contribution in [3.8, 4) is 0 Å². The molecule has 1 atom stereocenters. The lowest BCUT2D eigenvalue weighted by Crippen LogP contribution is -2.13. The van der Waals surface area contributed by atoms with E-state index in [0.29, 0.717) is 4.47 Å². The Kier molecular flexibility index (Phi) is 3.17. The van der Waals surface area contributed by atoms with Crippen molar-refractivity contribution in [1.29, 1.82) is 0 Å². The maximum Gasteiger partial charge on any atom is 0.128 e. The van der Waals surface area contributed by atoms with Crippen LogP contribution in [0.25, 0.3) is 0 Å². The molecule has 0 aromatic heterocycles. The smallest absolute Gasteiger partial charge is 0.128 e. The van der Waals surface area contributed by atoms with Crippen molar-refractivity contribution < 1.29 is 8.78 Å². The molecule has 12 heavy (non-hydrogen) atoms. The van der Waals surface area contributed by atoms with E-state index in [1.165, 1.54) is 12.1 Å². The second-order valence-electron chi connectivity index (χ2n) is 2.43. The molecule has 1 aromatic rings.